The molecule has 11 aromatic carbocycles. The molecule has 3 nitrogen and oxygen atoms in total. The molecular formula is C66H41N3. The molecule has 0 saturated heterocycles. The molecule has 15 aromatic rings. The van der Waals surface area contributed by atoms with Crippen LogP contribution in [0.4, 0.5) is 0 Å². The van der Waals surface area contributed by atoms with Gasteiger partial charge in [0, 0.05) is 54.5 Å². The third-order valence-electron chi connectivity index (χ3n) is 14.7. The summed E-state index contributed by atoms with van der Waals surface area (Å²) in [6.45, 7) is 0. The van der Waals surface area contributed by atoms with Crippen LogP contribution >= 0.6 is 0 Å². The molecule has 0 aliphatic rings. The first-order chi connectivity index (χ1) is 34.2. The summed E-state index contributed by atoms with van der Waals surface area (Å²) in [6.07, 6.45) is 0. The van der Waals surface area contributed by atoms with Gasteiger partial charge in [0.15, 0.2) is 0 Å². The Morgan fingerprint density at radius 2 is 0.536 bits per heavy atom. The molecule has 4 heterocycles. The maximum absolute atomic E-state index is 2.47. The van der Waals surface area contributed by atoms with Gasteiger partial charge < -0.3 is 13.5 Å². The van der Waals surface area contributed by atoms with E-state index in [2.05, 4.69) is 262 Å². The molecule has 0 N–H and O–H groups in total. The van der Waals surface area contributed by atoms with Crippen LogP contribution in [0.2, 0.25) is 0 Å². The molecule has 0 bridgehead atoms. The van der Waals surface area contributed by atoms with E-state index in [1.807, 2.05) is 0 Å². The lowest BCUT2D eigenvalue weighted by Gasteiger charge is -2.11. The second-order valence-corrected chi connectivity index (χ2v) is 18.5. The lowest BCUT2D eigenvalue weighted by molar-refractivity contribution is 1.18. The van der Waals surface area contributed by atoms with Crippen molar-refractivity contribution in [3.8, 4) is 55.9 Å². The summed E-state index contributed by atoms with van der Waals surface area (Å²) in [5.41, 5.74) is 20.6. The van der Waals surface area contributed by atoms with Gasteiger partial charge in [-0.1, -0.05) is 164 Å². The van der Waals surface area contributed by atoms with Crippen LogP contribution in [-0.4, -0.2) is 13.5 Å². The van der Waals surface area contributed by atoms with Crippen LogP contribution in [0, 0.1) is 0 Å². The summed E-state index contributed by atoms with van der Waals surface area (Å²) in [6, 6.07) is 91.6. The van der Waals surface area contributed by atoms with Crippen molar-refractivity contribution in [3.63, 3.8) is 0 Å². The molecule has 0 spiro atoms. The number of nitrogens with zero attached hydrogens (tertiary/aromatic N) is 3. The largest absolute Gasteiger partial charge is 0.309 e. The minimum atomic E-state index is 1.17. The Morgan fingerprint density at radius 3 is 1.03 bits per heavy atom. The Bertz CT molecular complexity index is 4440. The van der Waals surface area contributed by atoms with Gasteiger partial charge in [-0.05, 0) is 129 Å². The molecule has 0 radical (unpaired) electrons. The second kappa shape index (κ2) is 14.7. The summed E-state index contributed by atoms with van der Waals surface area (Å²) in [4.78, 5) is 0. The van der Waals surface area contributed by atoms with E-state index in [9.17, 15) is 0 Å². The van der Waals surface area contributed by atoms with Gasteiger partial charge in [-0.3, -0.25) is 0 Å². The van der Waals surface area contributed by atoms with Crippen LogP contribution in [0.3, 0.4) is 0 Å². The standard InChI is InChI=1S/C66H41N3/c1-2-18-50(19-3-1)67-60-24-8-4-20-52(60)56-38-48(32-34-64(56)67)43-30-28-42(29-31-43)44-14-12-15-45(36-44)46-16-13-17-47(37-46)49-33-35-65-57(39-49)53-21-5-9-25-61(53)68(65)51-40-58-54-22-6-10-26-62(54)69-63-27-11-7-23-55(63)59(41-51)66(58)69/h1-41H. The van der Waals surface area contributed by atoms with Crippen molar-refractivity contribution in [1.29, 1.82) is 0 Å². The van der Waals surface area contributed by atoms with Gasteiger partial charge in [0.05, 0.1) is 38.6 Å². The highest BCUT2D eigenvalue weighted by Gasteiger charge is 2.21. The summed E-state index contributed by atoms with van der Waals surface area (Å²) >= 11 is 0. The van der Waals surface area contributed by atoms with Crippen LogP contribution in [0.1, 0.15) is 0 Å². The number of benzene rings is 11. The van der Waals surface area contributed by atoms with Crippen molar-refractivity contribution in [3.05, 3.63) is 249 Å². The lowest BCUT2D eigenvalue weighted by Crippen LogP contribution is -1.94. The maximum atomic E-state index is 2.47. The minimum Gasteiger partial charge on any atom is -0.309 e. The summed E-state index contributed by atoms with van der Waals surface area (Å²) in [5, 5.41) is 10.2. The van der Waals surface area contributed by atoms with Crippen LogP contribution in [0.5, 0.6) is 0 Å². The van der Waals surface area contributed by atoms with Gasteiger partial charge in [-0.2, -0.15) is 0 Å². The van der Waals surface area contributed by atoms with Crippen molar-refractivity contribution in [1.82, 2.24) is 13.5 Å². The van der Waals surface area contributed by atoms with Gasteiger partial charge >= 0.3 is 0 Å². The Hall–Kier alpha value is -9.18. The zero-order valence-corrected chi connectivity index (χ0v) is 37.5. The third-order valence-corrected chi connectivity index (χ3v) is 14.7. The molecule has 15 rings (SSSR count). The monoisotopic (exact) mass is 875 g/mol. The number of aromatic nitrogens is 3. The normalized spacial score (nSPS) is 12.1. The van der Waals surface area contributed by atoms with Gasteiger partial charge in [-0.25, -0.2) is 0 Å². The molecular weight excluding hydrogens is 835 g/mol. The van der Waals surface area contributed by atoms with Crippen molar-refractivity contribution < 1.29 is 0 Å². The van der Waals surface area contributed by atoms with E-state index in [0.717, 1.165) is 0 Å². The van der Waals surface area contributed by atoms with E-state index in [1.165, 1.54) is 138 Å². The molecule has 0 atom stereocenters. The molecule has 0 fully saturated rings. The van der Waals surface area contributed by atoms with E-state index >= 15 is 0 Å². The van der Waals surface area contributed by atoms with E-state index in [4.69, 9.17) is 0 Å². The molecule has 320 valence electrons. The van der Waals surface area contributed by atoms with Gasteiger partial charge in [0.2, 0.25) is 0 Å². The molecule has 0 saturated carbocycles. The highest BCUT2D eigenvalue weighted by molar-refractivity contribution is 6.24. The van der Waals surface area contributed by atoms with Crippen LogP contribution in [0.15, 0.2) is 249 Å². The van der Waals surface area contributed by atoms with E-state index in [0.29, 0.717) is 0 Å². The second-order valence-electron chi connectivity index (χ2n) is 18.5. The van der Waals surface area contributed by atoms with Crippen LogP contribution in [-0.2, 0) is 0 Å². The zero-order chi connectivity index (χ0) is 45.2. The first-order valence-corrected chi connectivity index (χ1v) is 23.8. The molecule has 0 amide bonds. The van der Waals surface area contributed by atoms with Crippen LogP contribution < -0.4 is 0 Å². The smallest absolute Gasteiger partial charge is 0.0622 e. The molecule has 0 aliphatic heterocycles. The highest BCUT2D eigenvalue weighted by atomic mass is 15.0. The molecule has 4 aromatic heterocycles. The Morgan fingerprint density at radius 1 is 0.188 bits per heavy atom. The van der Waals surface area contributed by atoms with Crippen molar-refractivity contribution in [2.45, 2.75) is 0 Å². The van der Waals surface area contributed by atoms with Crippen molar-refractivity contribution in [2.24, 2.45) is 0 Å². The Kier molecular flexibility index (Phi) is 8.07. The number of para-hydroxylation sites is 5. The van der Waals surface area contributed by atoms with Gasteiger partial charge in [-0.15, -0.1) is 0 Å². The molecule has 0 unspecified atom stereocenters. The summed E-state index contributed by atoms with van der Waals surface area (Å²) in [7, 11) is 0. The van der Waals surface area contributed by atoms with Crippen LogP contribution in [0.25, 0.3) is 138 Å². The first kappa shape index (κ1) is 38.0. The number of rotatable bonds is 6. The number of hydrogen-bond acceptors (Lipinski definition) is 0. The van der Waals surface area contributed by atoms with Crippen molar-refractivity contribution in [2.75, 3.05) is 0 Å². The predicted octanol–water partition coefficient (Wildman–Crippen LogP) is 17.7. The fourth-order valence-corrected chi connectivity index (χ4v) is 11.6. The quantitative estimate of drug-likeness (QED) is 0.158. The average Bonchev–Trinajstić information content (AvgIpc) is 4.15. The fraction of sp³-hybridized carbons (Fsp3) is 0. The first-order valence-electron chi connectivity index (χ1n) is 23.8. The SMILES string of the molecule is c1ccc(-n2c3ccccc3c3cc(-c4ccc(-c5cccc(-c6cccc(-c7ccc8c(c7)c7ccccc7n8-c7cc8c9ccccc9n9c%10ccccc%10c(c7)c89)c6)c5)cc4)ccc32)cc1. The van der Waals surface area contributed by atoms with E-state index in [1.54, 1.807) is 0 Å². The van der Waals surface area contributed by atoms with E-state index in [-0.39, 0.29) is 0 Å². The maximum Gasteiger partial charge on any atom is 0.0622 e. The topological polar surface area (TPSA) is 14.3 Å². The lowest BCUT2D eigenvalue weighted by atomic mass is 9.95. The molecule has 3 heteroatoms. The number of fused-ring (bicyclic) bond motifs is 12. The summed E-state index contributed by atoms with van der Waals surface area (Å²) in [5.74, 6) is 0. The van der Waals surface area contributed by atoms with E-state index < -0.39 is 0 Å². The molecule has 69 heavy (non-hydrogen) atoms. The number of hydrogen-bond donors (Lipinski definition) is 0. The minimum absolute atomic E-state index is 1.17. The van der Waals surface area contributed by atoms with Crippen molar-refractivity contribution >= 4 is 81.7 Å². The predicted molar refractivity (Wildman–Crippen MR) is 292 cm³/mol. The fourth-order valence-electron chi connectivity index (χ4n) is 11.6. The molecule has 0 aliphatic carbocycles. The highest BCUT2D eigenvalue weighted by Crippen LogP contribution is 2.43. The van der Waals surface area contributed by atoms with Gasteiger partial charge in [0.25, 0.3) is 0 Å². The van der Waals surface area contributed by atoms with Gasteiger partial charge in [0.1, 0.15) is 0 Å². The Balaban J connectivity index is 0.774. The average molecular weight is 876 g/mol. The third kappa shape index (κ3) is 5.68. The zero-order valence-electron chi connectivity index (χ0n) is 37.5. The summed E-state index contributed by atoms with van der Waals surface area (Å²) < 4.78 is 7.29. The Labute approximate surface area is 397 Å².